The van der Waals surface area contributed by atoms with Gasteiger partial charge >= 0.3 is 0 Å². The Bertz CT molecular complexity index is 898. The molecule has 0 aliphatic carbocycles. The van der Waals surface area contributed by atoms with Gasteiger partial charge in [-0.25, -0.2) is 0 Å². The van der Waals surface area contributed by atoms with Crippen molar-refractivity contribution in [3.8, 4) is 11.5 Å². The zero-order valence-corrected chi connectivity index (χ0v) is 17.8. The molecule has 154 valence electrons. The van der Waals surface area contributed by atoms with Gasteiger partial charge in [0.25, 0.3) is 5.91 Å². The van der Waals surface area contributed by atoms with Crippen LogP contribution in [0, 0.1) is 6.92 Å². The molecule has 0 bridgehead atoms. The highest BCUT2D eigenvalue weighted by molar-refractivity contribution is 7.12. The summed E-state index contributed by atoms with van der Waals surface area (Å²) in [5.41, 5.74) is 0.518. The van der Waals surface area contributed by atoms with Gasteiger partial charge in [-0.05, 0) is 50.1 Å². The highest BCUT2D eigenvalue weighted by atomic mass is 32.1. The molecule has 1 N–H and O–H groups in total. The average Bonchev–Trinajstić information content (AvgIpc) is 3.17. The van der Waals surface area contributed by atoms with Crippen LogP contribution in [0.3, 0.4) is 0 Å². The number of piperidine rings is 1. The summed E-state index contributed by atoms with van der Waals surface area (Å²) in [4.78, 5) is 29.1. The van der Waals surface area contributed by atoms with Gasteiger partial charge in [-0.1, -0.05) is 0 Å². The fourth-order valence-corrected chi connectivity index (χ4v) is 4.10. The minimum absolute atomic E-state index is 0.0674. The van der Waals surface area contributed by atoms with E-state index in [-0.39, 0.29) is 17.9 Å². The van der Waals surface area contributed by atoms with Crippen molar-refractivity contribution in [2.45, 2.75) is 25.8 Å². The van der Waals surface area contributed by atoms with Crippen molar-refractivity contribution in [2.24, 2.45) is 0 Å². The number of carbonyl (C=O) groups is 2. The molecule has 1 aromatic carbocycles. The molecule has 0 spiro atoms. The monoisotopic (exact) mass is 414 g/mol. The first-order valence-corrected chi connectivity index (χ1v) is 10.4. The van der Waals surface area contributed by atoms with Crippen molar-refractivity contribution in [3.05, 3.63) is 51.7 Å². The molecular formula is C22H26N2O4S. The average molecular weight is 415 g/mol. The Kier molecular flexibility index (Phi) is 6.93. The fraction of sp³-hybridized carbons (Fsp3) is 0.364. The highest BCUT2D eigenvalue weighted by Gasteiger charge is 2.26. The summed E-state index contributed by atoms with van der Waals surface area (Å²) in [6.07, 6.45) is 4.86. The van der Waals surface area contributed by atoms with Gasteiger partial charge < -0.3 is 19.7 Å². The number of thiophene rings is 1. The number of amides is 2. The van der Waals surface area contributed by atoms with Gasteiger partial charge in [0.2, 0.25) is 5.91 Å². The lowest BCUT2D eigenvalue weighted by atomic mass is 10.0. The van der Waals surface area contributed by atoms with E-state index < -0.39 is 0 Å². The maximum Gasteiger partial charge on any atom is 0.257 e. The molecule has 2 heterocycles. The topological polar surface area (TPSA) is 67.9 Å². The van der Waals surface area contributed by atoms with Crippen molar-refractivity contribution in [1.82, 2.24) is 10.2 Å². The second kappa shape index (κ2) is 9.60. The lowest BCUT2D eigenvalue weighted by Gasteiger charge is -2.32. The van der Waals surface area contributed by atoms with Crippen LogP contribution in [0.25, 0.3) is 6.08 Å². The van der Waals surface area contributed by atoms with E-state index in [1.54, 1.807) is 54.7 Å². The van der Waals surface area contributed by atoms with Crippen LogP contribution < -0.4 is 14.8 Å². The minimum atomic E-state index is -0.0994. The van der Waals surface area contributed by atoms with Gasteiger partial charge in [0, 0.05) is 41.0 Å². The molecule has 0 unspecified atom stereocenters. The third-order valence-electron chi connectivity index (χ3n) is 4.93. The zero-order valence-electron chi connectivity index (χ0n) is 16.9. The Morgan fingerprint density at radius 2 is 1.90 bits per heavy atom. The number of likely N-dealkylation sites (tertiary alicyclic amines) is 1. The number of rotatable bonds is 6. The Labute approximate surface area is 175 Å². The molecule has 1 aliphatic heterocycles. The van der Waals surface area contributed by atoms with E-state index in [4.69, 9.17) is 9.47 Å². The molecule has 0 saturated carbocycles. The van der Waals surface area contributed by atoms with Crippen molar-refractivity contribution < 1.29 is 19.1 Å². The summed E-state index contributed by atoms with van der Waals surface area (Å²) < 4.78 is 10.5. The number of aryl methyl sites for hydroxylation is 1. The molecule has 1 aliphatic rings. The molecule has 2 aromatic rings. The summed E-state index contributed by atoms with van der Waals surface area (Å²) in [6.45, 7) is 3.22. The minimum Gasteiger partial charge on any atom is -0.497 e. The number of benzene rings is 1. The first kappa shape index (κ1) is 20.9. The van der Waals surface area contributed by atoms with E-state index in [9.17, 15) is 9.59 Å². The van der Waals surface area contributed by atoms with Crippen LogP contribution >= 0.6 is 11.3 Å². The van der Waals surface area contributed by atoms with Gasteiger partial charge in [-0.3, -0.25) is 9.59 Å². The van der Waals surface area contributed by atoms with Crippen molar-refractivity contribution in [1.29, 1.82) is 0 Å². The molecule has 7 heteroatoms. The first-order chi connectivity index (χ1) is 14.0. The lowest BCUT2D eigenvalue weighted by Crippen LogP contribution is -2.46. The number of nitrogens with zero attached hydrogens (tertiary/aromatic N) is 1. The fourth-order valence-electron chi connectivity index (χ4n) is 3.32. The van der Waals surface area contributed by atoms with E-state index in [0.717, 1.165) is 17.7 Å². The smallest absolute Gasteiger partial charge is 0.257 e. The predicted octanol–water partition coefficient (Wildman–Crippen LogP) is 3.51. The van der Waals surface area contributed by atoms with Crippen LogP contribution in [0.2, 0.25) is 0 Å². The number of hydrogen-bond acceptors (Lipinski definition) is 5. The van der Waals surface area contributed by atoms with Crippen molar-refractivity contribution >= 4 is 29.2 Å². The second-order valence-electron chi connectivity index (χ2n) is 6.92. The maximum atomic E-state index is 12.9. The highest BCUT2D eigenvalue weighted by Crippen LogP contribution is 2.26. The molecule has 0 atom stereocenters. The van der Waals surface area contributed by atoms with E-state index in [0.29, 0.717) is 30.2 Å². The Morgan fingerprint density at radius 3 is 2.52 bits per heavy atom. The quantitative estimate of drug-likeness (QED) is 0.735. The molecule has 1 aromatic heterocycles. The molecular weight excluding hydrogens is 388 g/mol. The Hall–Kier alpha value is -2.80. The number of methoxy groups -OCH3 is 2. The molecule has 29 heavy (non-hydrogen) atoms. The van der Waals surface area contributed by atoms with Gasteiger partial charge in [0.1, 0.15) is 11.5 Å². The predicted molar refractivity (Wildman–Crippen MR) is 115 cm³/mol. The molecule has 0 radical (unpaired) electrons. The number of carbonyl (C=O) groups excluding carboxylic acids is 2. The van der Waals surface area contributed by atoms with Crippen LogP contribution in [-0.4, -0.2) is 50.1 Å². The van der Waals surface area contributed by atoms with Crippen molar-refractivity contribution in [3.63, 3.8) is 0 Å². The summed E-state index contributed by atoms with van der Waals surface area (Å²) in [7, 11) is 3.12. The molecule has 1 fully saturated rings. The summed E-state index contributed by atoms with van der Waals surface area (Å²) in [5.74, 6) is 0.976. The second-order valence-corrected chi connectivity index (χ2v) is 8.24. The summed E-state index contributed by atoms with van der Waals surface area (Å²) in [5, 5.41) is 3.03. The SMILES string of the molecule is COc1ccc(C(=O)N2CCC(NC(=O)/C=C/c3ccc(C)s3)CC2)c(OC)c1. The van der Waals surface area contributed by atoms with Gasteiger partial charge in [-0.15, -0.1) is 11.3 Å². The molecule has 3 rings (SSSR count). The third-order valence-corrected chi connectivity index (χ3v) is 5.89. The molecule has 1 saturated heterocycles. The normalized spacial score (nSPS) is 14.8. The van der Waals surface area contributed by atoms with E-state index in [1.165, 1.54) is 4.88 Å². The van der Waals surface area contributed by atoms with E-state index in [2.05, 4.69) is 5.32 Å². The summed E-state index contributed by atoms with van der Waals surface area (Å²) >= 11 is 1.65. The number of ether oxygens (including phenoxy) is 2. The van der Waals surface area contributed by atoms with Crippen LogP contribution in [0.1, 0.15) is 33.0 Å². The number of hydrogen-bond donors (Lipinski definition) is 1. The van der Waals surface area contributed by atoms with Crippen LogP contribution in [-0.2, 0) is 4.79 Å². The third kappa shape index (κ3) is 5.38. The zero-order chi connectivity index (χ0) is 20.8. The van der Waals surface area contributed by atoms with Crippen LogP contribution in [0.15, 0.2) is 36.4 Å². The largest absolute Gasteiger partial charge is 0.497 e. The molecule has 2 amide bonds. The van der Waals surface area contributed by atoms with Gasteiger partial charge in [-0.2, -0.15) is 0 Å². The van der Waals surface area contributed by atoms with Crippen LogP contribution in [0.4, 0.5) is 0 Å². The number of nitrogens with one attached hydrogen (secondary N) is 1. The van der Waals surface area contributed by atoms with Crippen molar-refractivity contribution in [2.75, 3.05) is 27.3 Å². The van der Waals surface area contributed by atoms with Gasteiger partial charge in [0.05, 0.1) is 19.8 Å². The molecule has 6 nitrogen and oxygen atoms in total. The Morgan fingerprint density at radius 1 is 1.14 bits per heavy atom. The first-order valence-electron chi connectivity index (χ1n) is 9.56. The maximum absolute atomic E-state index is 12.9. The van der Waals surface area contributed by atoms with Crippen LogP contribution in [0.5, 0.6) is 11.5 Å². The van der Waals surface area contributed by atoms with E-state index >= 15 is 0 Å². The van der Waals surface area contributed by atoms with E-state index in [1.807, 2.05) is 25.1 Å². The summed E-state index contributed by atoms with van der Waals surface area (Å²) in [6, 6.07) is 9.30. The van der Waals surface area contributed by atoms with Gasteiger partial charge in [0.15, 0.2) is 0 Å². The Balaban J connectivity index is 1.53. The lowest BCUT2D eigenvalue weighted by molar-refractivity contribution is -0.117. The standard InChI is InChI=1S/C22H26N2O4S/c1-15-4-6-18(29-15)7-9-21(25)23-16-10-12-24(13-11-16)22(26)19-8-5-17(27-2)14-20(19)28-3/h4-9,14,16H,10-13H2,1-3H3,(H,23,25)/b9-7+.